The van der Waals surface area contributed by atoms with E-state index in [1.165, 1.54) is 17.0 Å². The molecule has 0 saturated heterocycles. The van der Waals surface area contributed by atoms with Crippen LogP contribution in [0.25, 0.3) is 0 Å². The van der Waals surface area contributed by atoms with E-state index in [1.54, 1.807) is 31.2 Å². The normalized spacial score (nSPS) is 12.0. The Kier molecular flexibility index (Phi) is 10.3. The molecule has 1 N–H and O–H groups in total. The van der Waals surface area contributed by atoms with Crippen molar-refractivity contribution < 1.29 is 18.0 Å². The van der Waals surface area contributed by atoms with Crippen molar-refractivity contribution in [2.45, 2.75) is 64.9 Å². The molecule has 0 saturated carbocycles. The first-order valence-corrected chi connectivity index (χ1v) is 14.8. The molecule has 0 aliphatic heterocycles. The third-order valence-electron chi connectivity index (χ3n) is 6.66. The van der Waals surface area contributed by atoms with Crippen molar-refractivity contribution in [3.8, 4) is 0 Å². The summed E-state index contributed by atoms with van der Waals surface area (Å²) in [5, 5.41) is 2.91. The van der Waals surface area contributed by atoms with Crippen molar-refractivity contribution in [1.29, 1.82) is 0 Å². The first-order chi connectivity index (χ1) is 18.5. The van der Waals surface area contributed by atoms with Crippen LogP contribution >= 0.6 is 0 Å². The maximum atomic E-state index is 14.0. The highest BCUT2D eigenvalue weighted by molar-refractivity contribution is 7.92. The van der Waals surface area contributed by atoms with Gasteiger partial charge in [0.25, 0.3) is 10.0 Å². The molecule has 8 heteroatoms. The van der Waals surface area contributed by atoms with E-state index in [0.717, 1.165) is 39.4 Å². The monoisotopic (exact) mass is 549 g/mol. The maximum Gasteiger partial charge on any atom is 0.264 e. The average Bonchev–Trinajstić information content (AvgIpc) is 2.91. The number of amides is 2. The number of nitrogens with zero attached hydrogens (tertiary/aromatic N) is 2. The molecule has 2 amide bonds. The number of rotatable bonds is 12. The topological polar surface area (TPSA) is 86.8 Å². The fraction of sp³-hybridized carbons (Fsp3) is 0.355. The lowest BCUT2D eigenvalue weighted by atomic mass is 10.1. The molecule has 0 aromatic heterocycles. The van der Waals surface area contributed by atoms with Gasteiger partial charge < -0.3 is 10.2 Å². The van der Waals surface area contributed by atoms with Gasteiger partial charge in [-0.2, -0.15) is 0 Å². The van der Waals surface area contributed by atoms with Gasteiger partial charge in [0.05, 0.1) is 10.6 Å². The highest BCUT2D eigenvalue weighted by Gasteiger charge is 2.33. The molecule has 3 aromatic carbocycles. The zero-order chi connectivity index (χ0) is 28.6. The van der Waals surface area contributed by atoms with Gasteiger partial charge in [0.15, 0.2) is 0 Å². The van der Waals surface area contributed by atoms with Crippen LogP contribution in [0.2, 0.25) is 0 Å². The minimum atomic E-state index is -4.08. The summed E-state index contributed by atoms with van der Waals surface area (Å²) < 4.78 is 28.9. The van der Waals surface area contributed by atoms with E-state index >= 15 is 0 Å². The van der Waals surface area contributed by atoms with Gasteiger partial charge in [0.2, 0.25) is 11.8 Å². The number of nitrogens with one attached hydrogen (secondary N) is 1. The molecule has 3 rings (SSSR count). The van der Waals surface area contributed by atoms with Gasteiger partial charge in [0, 0.05) is 13.1 Å². The number of sulfonamides is 1. The zero-order valence-electron chi connectivity index (χ0n) is 23.5. The molecule has 0 unspecified atom stereocenters. The highest BCUT2D eigenvalue weighted by atomic mass is 32.2. The Labute approximate surface area is 232 Å². The molecular weight excluding hydrogens is 510 g/mol. The smallest absolute Gasteiger partial charge is 0.264 e. The Hall–Kier alpha value is -3.65. The second-order valence-corrected chi connectivity index (χ2v) is 11.8. The van der Waals surface area contributed by atoms with Gasteiger partial charge in [-0.25, -0.2) is 8.42 Å². The number of carbonyl (C=O) groups is 2. The Morgan fingerprint density at radius 1 is 0.897 bits per heavy atom. The number of anilines is 1. The van der Waals surface area contributed by atoms with Gasteiger partial charge in [-0.1, -0.05) is 79.1 Å². The van der Waals surface area contributed by atoms with Crippen LogP contribution in [0, 0.1) is 20.8 Å². The zero-order valence-corrected chi connectivity index (χ0v) is 24.3. The number of unbranched alkanes of at least 4 members (excludes halogenated alkanes) is 1. The second-order valence-electron chi connectivity index (χ2n) is 9.95. The molecule has 0 radical (unpaired) electrons. The molecule has 39 heavy (non-hydrogen) atoms. The SMILES string of the molecule is CCCCNC(=O)[C@H](C)N(Cc1cccc(C)c1)C(=O)CN(c1ccc(C)cc1C)S(=O)(=O)c1ccccc1. The largest absolute Gasteiger partial charge is 0.354 e. The Morgan fingerprint density at radius 2 is 1.59 bits per heavy atom. The lowest BCUT2D eigenvalue weighted by Gasteiger charge is -2.32. The fourth-order valence-electron chi connectivity index (χ4n) is 4.44. The molecular formula is C31H39N3O4S. The van der Waals surface area contributed by atoms with Crippen molar-refractivity contribution >= 4 is 27.5 Å². The number of hydrogen-bond donors (Lipinski definition) is 1. The van der Waals surface area contributed by atoms with E-state index in [2.05, 4.69) is 5.32 Å². The first-order valence-electron chi connectivity index (χ1n) is 13.3. The lowest BCUT2D eigenvalue weighted by molar-refractivity contribution is -0.139. The second kappa shape index (κ2) is 13.4. The minimum absolute atomic E-state index is 0.0911. The quantitative estimate of drug-likeness (QED) is 0.317. The molecule has 3 aromatic rings. The van der Waals surface area contributed by atoms with Crippen molar-refractivity contribution in [2.24, 2.45) is 0 Å². The van der Waals surface area contributed by atoms with E-state index < -0.39 is 28.5 Å². The third kappa shape index (κ3) is 7.69. The number of aryl methyl sites for hydroxylation is 3. The fourth-order valence-corrected chi connectivity index (χ4v) is 5.94. The number of hydrogen-bond acceptors (Lipinski definition) is 4. The van der Waals surface area contributed by atoms with E-state index in [0.29, 0.717) is 12.2 Å². The van der Waals surface area contributed by atoms with Gasteiger partial charge >= 0.3 is 0 Å². The first kappa shape index (κ1) is 29.9. The molecule has 7 nitrogen and oxygen atoms in total. The van der Waals surface area contributed by atoms with Crippen molar-refractivity contribution in [1.82, 2.24) is 10.2 Å². The number of carbonyl (C=O) groups excluding carboxylic acids is 2. The van der Waals surface area contributed by atoms with Crippen molar-refractivity contribution in [3.63, 3.8) is 0 Å². The maximum absolute atomic E-state index is 14.0. The highest BCUT2D eigenvalue weighted by Crippen LogP contribution is 2.28. The molecule has 0 fully saturated rings. The summed E-state index contributed by atoms with van der Waals surface area (Å²) in [6, 6.07) is 20.5. The van der Waals surface area contributed by atoms with Crippen LogP contribution in [0.15, 0.2) is 77.7 Å². The molecule has 0 bridgehead atoms. The predicted octanol–water partition coefficient (Wildman–Crippen LogP) is 5.14. The summed E-state index contributed by atoms with van der Waals surface area (Å²) in [5.41, 5.74) is 4.04. The molecule has 0 aliphatic rings. The Bertz CT molecular complexity index is 1390. The van der Waals surface area contributed by atoms with Crippen LogP contribution in [-0.2, 0) is 26.2 Å². The Balaban J connectivity index is 2.02. The van der Waals surface area contributed by atoms with E-state index in [-0.39, 0.29) is 17.3 Å². The lowest BCUT2D eigenvalue weighted by Crippen LogP contribution is -2.51. The molecule has 208 valence electrons. The van der Waals surface area contributed by atoms with Crippen molar-refractivity contribution in [2.75, 3.05) is 17.4 Å². The van der Waals surface area contributed by atoms with Crippen LogP contribution < -0.4 is 9.62 Å². The van der Waals surface area contributed by atoms with Crippen molar-refractivity contribution in [3.05, 3.63) is 95.1 Å². The van der Waals surface area contributed by atoms with E-state index in [4.69, 9.17) is 0 Å². The third-order valence-corrected chi connectivity index (χ3v) is 8.44. The minimum Gasteiger partial charge on any atom is -0.354 e. The summed E-state index contributed by atoms with van der Waals surface area (Å²) in [5.74, 6) is -0.734. The summed E-state index contributed by atoms with van der Waals surface area (Å²) in [4.78, 5) is 28.6. The van der Waals surface area contributed by atoms with E-state index in [1.807, 2.05) is 64.1 Å². The van der Waals surface area contributed by atoms with Crippen LogP contribution in [0.3, 0.4) is 0 Å². The van der Waals surface area contributed by atoms with Gasteiger partial charge in [-0.15, -0.1) is 0 Å². The molecule has 0 spiro atoms. The van der Waals surface area contributed by atoms with Crippen LogP contribution in [-0.4, -0.2) is 44.3 Å². The van der Waals surface area contributed by atoms with Crippen LogP contribution in [0.1, 0.15) is 48.9 Å². The van der Waals surface area contributed by atoms with Gasteiger partial charge in [-0.05, 0) is 63.4 Å². The molecule has 0 aliphatic carbocycles. The summed E-state index contributed by atoms with van der Waals surface area (Å²) >= 11 is 0. The summed E-state index contributed by atoms with van der Waals surface area (Å²) in [7, 11) is -4.08. The standard InChI is InChI=1S/C31H39N3O4S/c1-6-7-18-32-31(36)26(5)33(21-27-13-11-12-23(2)20-27)30(35)22-34(29-17-16-24(3)19-25(29)4)39(37,38)28-14-9-8-10-15-28/h8-17,19-20,26H,6-7,18,21-22H2,1-5H3,(H,32,36)/t26-/m0/s1. The average molecular weight is 550 g/mol. The number of benzene rings is 3. The van der Waals surface area contributed by atoms with Crippen LogP contribution in [0.4, 0.5) is 5.69 Å². The molecule has 0 heterocycles. The summed E-state index contributed by atoms with van der Waals surface area (Å²) in [6.07, 6.45) is 1.77. The van der Waals surface area contributed by atoms with E-state index in [9.17, 15) is 18.0 Å². The molecule has 1 atom stereocenters. The predicted molar refractivity (Wildman–Crippen MR) is 156 cm³/mol. The summed E-state index contributed by atoms with van der Waals surface area (Å²) in [6.45, 7) is 9.69. The van der Waals surface area contributed by atoms with Crippen LogP contribution in [0.5, 0.6) is 0 Å². The van der Waals surface area contributed by atoms with Gasteiger partial charge in [-0.3, -0.25) is 13.9 Å². The Morgan fingerprint density at radius 3 is 2.23 bits per heavy atom. The van der Waals surface area contributed by atoms with Gasteiger partial charge in [0.1, 0.15) is 12.6 Å².